The van der Waals surface area contributed by atoms with E-state index in [1.807, 2.05) is 48.5 Å². The molecule has 6 heteroatoms. The first-order valence-corrected chi connectivity index (χ1v) is 8.99. The van der Waals surface area contributed by atoms with Crippen LogP contribution >= 0.6 is 22.9 Å². The molecule has 0 N–H and O–H groups in total. The van der Waals surface area contributed by atoms with Crippen molar-refractivity contribution in [3.05, 3.63) is 58.4 Å². The summed E-state index contributed by atoms with van der Waals surface area (Å²) in [6.07, 6.45) is 0. The van der Waals surface area contributed by atoms with E-state index >= 15 is 0 Å². The van der Waals surface area contributed by atoms with E-state index in [1.54, 1.807) is 19.1 Å². The van der Waals surface area contributed by atoms with E-state index in [2.05, 4.69) is 0 Å². The van der Waals surface area contributed by atoms with Gasteiger partial charge in [0.15, 0.2) is 0 Å². The van der Waals surface area contributed by atoms with Crippen molar-refractivity contribution >= 4 is 38.9 Å². The number of benzene rings is 2. The minimum absolute atomic E-state index is 0.0930. The SMILES string of the molecule is COc1ccc(OCCN(C)C(=O)c2sc3ccccc3c2Cl)cc1. The van der Waals surface area contributed by atoms with Gasteiger partial charge in [-0.2, -0.15) is 0 Å². The predicted molar refractivity (Wildman–Crippen MR) is 102 cm³/mol. The van der Waals surface area contributed by atoms with Gasteiger partial charge in [-0.15, -0.1) is 11.3 Å². The van der Waals surface area contributed by atoms with Crippen molar-refractivity contribution in [2.45, 2.75) is 0 Å². The molecule has 0 fully saturated rings. The molecule has 130 valence electrons. The van der Waals surface area contributed by atoms with Gasteiger partial charge in [0.2, 0.25) is 0 Å². The Hall–Kier alpha value is -2.24. The number of carbonyl (C=O) groups excluding carboxylic acids is 1. The average Bonchev–Trinajstić information content (AvgIpc) is 2.98. The molecule has 2 aromatic carbocycles. The first-order valence-electron chi connectivity index (χ1n) is 7.79. The van der Waals surface area contributed by atoms with Gasteiger partial charge >= 0.3 is 0 Å². The minimum atomic E-state index is -0.0930. The number of hydrogen-bond acceptors (Lipinski definition) is 4. The van der Waals surface area contributed by atoms with Gasteiger partial charge in [-0.1, -0.05) is 29.8 Å². The number of methoxy groups -OCH3 is 1. The number of carbonyl (C=O) groups is 1. The first-order chi connectivity index (χ1) is 12.1. The van der Waals surface area contributed by atoms with Crippen molar-refractivity contribution in [3.8, 4) is 11.5 Å². The number of fused-ring (bicyclic) bond motifs is 1. The number of rotatable bonds is 6. The van der Waals surface area contributed by atoms with Crippen molar-refractivity contribution in [3.63, 3.8) is 0 Å². The molecule has 0 spiro atoms. The van der Waals surface area contributed by atoms with Gasteiger partial charge in [0.05, 0.1) is 18.7 Å². The zero-order valence-corrected chi connectivity index (χ0v) is 15.6. The molecule has 0 bridgehead atoms. The second kappa shape index (κ2) is 7.76. The number of ether oxygens (including phenoxy) is 2. The van der Waals surface area contributed by atoms with Crippen LogP contribution < -0.4 is 9.47 Å². The van der Waals surface area contributed by atoms with Crippen molar-refractivity contribution in [1.29, 1.82) is 0 Å². The summed E-state index contributed by atoms with van der Waals surface area (Å²) < 4.78 is 11.8. The summed E-state index contributed by atoms with van der Waals surface area (Å²) in [7, 11) is 3.37. The summed E-state index contributed by atoms with van der Waals surface area (Å²) in [4.78, 5) is 14.8. The molecule has 0 aliphatic heterocycles. The van der Waals surface area contributed by atoms with Crippen molar-refractivity contribution in [1.82, 2.24) is 4.90 Å². The molecule has 0 aliphatic carbocycles. The molecule has 0 radical (unpaired) electrons. The van der Waals surface area contributed by atoms with Crippen LogP contribution in [0.1, 0.15) is 9.67 Å². The largest absolute Gasteiger partial charge is 0.497 e. The van der Waals surface area contributed by atoms with E-state index in [9.17, 15) is 4.79 Å². The number of nitrogens with zero attached hydrogens (tertiary/aromatic N) is 1. The molecular formula is C19H18ClNO3S. The Labute approximate surface area is 155 Å². The van der Waals surface area contributed by atoms with Gasteiger partial charge in [-0.3, -0.25) is 4.79 Å². The maximum absolute atomic E-state index is 12.6. The molecule has 0 saturated carbocycles. The molecule has 3 rings (SSSR count). The average molecular weight is 376 g/mol. The highest BCUT2D eigenvalue weighted by molar-refractivity contribution is 7.21. The smallest absolute Gasteiger partial charge is 0.265 e. The van der Waals surface area contributed by atoms with E-state index in [1.165, 1.54) is 11.3 Å². The highest BCUT2D eigenvalue weighted by Gasteiger charge is 2.20. The fraction of sp³-hybridized carbons (Fsp3) is 0.211. The van der Waals surface area contributed by atoms with Crippen LogP contribution in [0.2, 0.25) is 5.02 Å². The molecule has 0 saturated heterocycles. The van der Waals surface area contributed by atoms with Crippen LogP contribution in [0, 0.1) is 0 Å². The molecular weight excluding hydrogens is 358 g/mol. The molecule has 0 aliphatic rings. The number of thiophene rings is 1. The van der Waals surface area contributed by atoms with Crippen molar-refractivity contribution in [2.75, 3.05) is 27.3 Å². The van der Waals surface area contributed by atoms with Crippen LogP contribution in [0.15, 0.2) is 48.5 Å². The van der Waals surface area contributed by atoms with Crippen molar-refractivity contribution < 1.29 is 14.3 Å². The monoisotopic (exact) mass is 375 g/mol. The van der Waals surface area contributed by atoms with E-state index in [0.717, 1.165) is 21.6 Å². The summed E-state index contributed by atoms with van der Waals surface area (Å²) in [5.74, 6) is 1.42. The van der Waals surface area contributed by atoms with E-state index in [0.29, 0.717) is 23.1 Å². The number of likely N-dealkylation sites (N-methyl/N-ethyl adjacent to an activating group) is 1. The zero-order chi connectivity index (χ0) is 17.8. The molecule has 3 aromatic rings. The maximum atomic E-state index is 12.6. The number of amides is 1. The molecule has 25 heavy (non-hydrogen) atoms. The standard InChI is InChI=1S/C19H18ClNO3S/c1-21(11-12-24-14-9-7-13(23-2)8-10-14)19(22)18-17(20)15-5-3-4-6-16(15)25-18/h3-10H,11-12H2,1-2H3. The third kappa shape index (κ3) is 3.89. The third-order valence-corrected chi connectivity index (χ3v) is 5.49. The highest BCUT2D eigenvalue weighted by Crippen LogP contribution is 2.35. The summed E-state index contributed by atoms with van der Waals surface area (Å²) in [6, 6.07) is 15.1. The minimum Gasteiger partial charge on any atom is -0.497 e. The summed E-state index contributed by atoms with van der Waals surface area (Å²) in [6.45, 7) is 0.868. The van der Waals surface area contributed by atoms with E-state index in [-0.39, 0.29) is 5.91 Å². The van der Waals surface area contributed by atoms with Crippen LogP contribution in [0.4, 0.5) is 0 Å². The zero-order valence-electron chi connectivity index (χ0n) is 14.0. The van der Waals surface area contributed by atoms with Crippen LogP contribution in [0.5, 0.6) is 11.5 Å². The summed E-state index contributed by atoms with van der Waals surface area (Å²) >= 11 is 7.79. The van der Waals surface area contributed by atoms with Crippen LogP contribution in [0.25, 0.3) is 10.1 Å². The molecule has 1 amide bonds. The predicted octanol–water partition coefficient (Wildman–Crippen LogP) is 4.71. The lowest BCUT2D eigenvalue weighted by Crippen LogP contribution is -2.30. The van der Waals surface area contributed by atoms with Crippen LogP contribution in [-0.4, -0.2) is 38.1 Å². The first kappa shape index (κ1) is 17.6. The van der Waals surface area contributed by atoms with Gasteiger partial charge in [0.1, 0.15) is 23.0 Å². The fourth-order valence-corrected chi connectivity index (χ4v) is 3.91. The van der Waals surface area contributed by atoms with Gasteiger partial charge < -0.3 is 14.4 Å². The van der Waals surface area contributed by atoms with Gasteiger partial charge in [-0.05, 0) is 30.3 Å². The number of hydrogen-bond donors (Lipinski definition) is 0. The second-order valence-electron chi connectivity index (χ2n) is 5.49. The van der Waals surface area contributed by atoms with E-state index < -0.39 is 0 Å². The highest BCUT2D eigenvalue weighted by atomic mass is 35.5. The fourth-order valence-electron chi connectivity index (χ4n) is 2.40. The lowest BCUT2D eigenvalue weighted by Gasteiger charge is -2.17. The molecule has 4 nitrogen and oxygen atoms in total. The Morgan fingerprint density at radius 2 is 1.80 bits per heavy atom. The lowest BCUT2D eigenvalue weighted by atomic mass is 10.2. The lowest BCUT2D eigenvalue weighted by molar-refractivity contribution is 0.0779. The molecule has 0 unspecified atom stereocenters. The topological polar surface area (TPSA) is 38.8 Å². The van der Waals surface area contributed by atoms with Crippen LogP contribution in [0.3, 0.4) is 0 Å². The Balaban J connectivity index is 1.61. The summed E-state index contributed by atoms with van der Waals surface area (Å²) in [5, 5.41) is 1.44. The molecule has 0 atom stereocenters. The Kier molecular flexibility index (Phi) is 5.46. The number of halogens is 1. The second-order valence-corrected chi connectivity index (χ2v) is 6.92. The summed E-state index contributed by atoms with van der Waals surface area (Å²) in [5.41, 5.74) is 0. The molecule has 1 aromatic heterocycles. The third-order valence-electron chi connectivity index (χ3n) is 3.83. The van der Waals surface area contributed by atoms with E-state index in [4.69, 9.17) is 21.1 Å². The van der Waals surface area contributed by atoms with Gasteiger partial charge in [0.25, 0.3) is 5.91 Å². The normalized spacial score (nSPS) is 10.7. The van der Waals surface area contributed by atoms with Gasteiger partial charge in [0, 0.05) is 17.1 Å². The quantitative estimate of drug-likeness (QED) is 0.626. The Morgan fingerprint density at radius 1 is 1.12 bits per heavy atom. The van der Waals surface area contributed by atoms with Crippen molar-refractivity contribution in [2.24, 2.45) is 0 Å². The Morgan fingerprint density at radius 3 is 2.48 bits per heavy atom. The Bertz CT molecular complexity index is 876. The van der Waals surface area contributed by atoms with Crippen LogP contribution in [-0.2, 0) is 0 Å². The maximum Gasteiger partial charge on any atom is 0.265 e. The molecule has 1 heterocycles. The van der Waals surface area contributed by atoms with Gasteiger partial charge in [-0.25, -0.2) is 0 Å².